The van der Waals surface area contributed by atoms with E-state index < -0.39 is 24.2 Å². The van der Waals surface area contributed by atoms with Crippen molar-refractivity contribution in [2.45, 2.75) is 63.4 Å². The van der Waals surface area contributed by atoms with Gasteiger partial charge in [0, 0.05) is 6.04 Å². The van der Waals surface area contributed by atoms with Crippen molar-refractivity contribution in [2.24, 2.45) is 10.9 Å². The smallest absolute Gasteiger partial charge is 0.240 e. The Balaban J connectivity index is 1.68. The molecule has 1 aliphatic carbocycles. The lowest BCUT2D eigenvalue weighted by atomic mass is 9.84. The highest BCUT2D eigenvalue weighted by Crippen LogP contribution is 2.26. The van der Waals surface area contributed by atoms with Crippen molar-refractivity contribution in [2.75, 3.05) is 5.73 Å². The Morgan fingerprint density at radius 2 is 2.08 bits per heavy atom. The Kier molecular flexibility index (Phi) is 5.73. The second-order valence-corrected chi connectivity index (χ2v) is 7.19. The van der Waals surface area contributed by atoms with Gasteiger partial charge in [0.2, 0.25) is 11.8 Å². The molecule has 0 radical (unpaired) electrons. The Morgan fingerprint density at radius 3 is 2.73 bits per heavy atom. The third-order valence-corrected chi connectivity index (χ3v) is 5.28. The predicted octanol–water partition coefficient (Wildman–Crippen LogP) is 1.04. The molecule has 1 aromatic rings. The van der Waals surface area contributed by atoms with Gasteiger partial charge in [-0.05, 0) is 37.8 Å². The van der Waals surface area contributed by atoms with E-state index in [1.807, 2.05) is 6.92 Å². The average Bonchev–Trinajstić information content (AvgIpc) is 2.65. The largest absolute Gasteiger partial charge is 0.495 e. The van der Waals surface area contributed by atoms with Gasteiger partial charge in [-0.2, -0.15) is 0 Å². The Morgan fingerprint density at radius 1 is 1.35 bits per heavy atom. The molecule has 1 aromatic heterocycles. The molecule has 1 amide bonds. The summed E-state index contributed by atoms with van der Waals surface area (Å²) in [5, 5.41) is 26.1. The van der Waals surface area contributed by atoms with Crippen LogP contribution in [0.2, 0.25) is 0 Å². The fraction of sp³-hybridized carbons (Fsp3) is 0.611. The molecule has 4 atom stereocenters. The van der Waals surface area contributed by atoms with Crippen molar-refractivity contribution < 1.29 is 15.0 Å². The van der Waals surface area contributed by atoms with Crippen LogP contribution in [-0.2, 0) is 4.79 Å². The molecule has 8 heteroatoms. The number of carbonyl (C=O) groups excluding carboxylic acids is 1. The lowest BCUT2D eigenvalue weighted by molar-refractivity contribution is -0.126. The second kappa shape index (κ2) is 8.01. The molecular weight excluding hydrogens is 334 g/mol. The quantitative estimate of drug-likeness (QED) is 0.544. The zero-order chi connectivity index (χ0) is 18.7. The fourth-order valence-electron chi connectivity index (χ4n) is 3.67. The summed E-state index contributed by atoms with van der Waals surface area (Å²) < 4.78 is 0. The van der Waals surface area contributed by atoms with Crippen molar-refractivity contribution in [3.8, 4) is 0 Å². The normalized spacial score (nSPS) is 28.2. The van der Waals surface area contributed by atoms with Gasteiger partial charge in [0.25, 0.3) is 0 Å². The van der Waals surface area contributed by atoms with E-state index in [2.05, 4.69) is 20.6 Å². The number of aliphatic hydroxyl groups is 2. The Labute approximate surface area is 152 Å². The maximum absolute atomic E-state index is 12.7. The number of rotatable bonds is 4. The number of hydrogen-bond donors (Lipinski definition) is 5. The average molecular weight is 361 g/mol. The van der Waals surface area contributed by atoms with Crippen LogP contribution in [-0.4, -0.2) is 45.2 Å². The summed E-state index contributed by atoms with van der Waals surface area (Å²) in [4.78, 5) is 20.9. The highest BCUT2D eigenvalue weighted by molar-refractivity contribution is 5.92. The van der Waals surface area contributed by atoms with E-state index >= 15 is 0 Å². The van der Waals surface area contributed by atoms with Crippen LogP contribution in [0.3, 0.4) is 0 Å². The summed E-state index contributed by atoms with van der Waals surface area (Å²) in [7, 11) is 0. The Hall–Kier alpha value is -2.19. The van der Waals surface area contributed by atoms with Gasteiger partial charge in [-0.15, -0.1) is 0 Å². The van der Waals surface area contributed by atoms with Gasteiger partial charge in [0.15, 0.2) is 6.10 Å². The Bertz CT molecular complexity index is 657. The number of nitrogen functional groups attached to an aromatic ring is 1. The van der Waals surface area contributed by atoms with Gasteiger partial charge >= 0.3 is 0 Å². The summed E-state index contributed by atoms with van der Waals surface area (Å²) in [6.45, 7) is 2.00. The molecule has 2 heterocycles. The van der Waals surface area contributed by atoms with Crippen LogP contribution >= 0.6 is 0 Å². The molecule has 26 heavy (non-hydrogen) atoms. The molecule has 142 valence electrons. The lowest BCUT2D eigenvalue weighted by Gasteiger charge is -2.33. The van der Waals surface area contributed by atoms with Crippen LogP contribution in [0.15, 0.2) is 23.3 Å². The first-order valence-corrected chi connectivity index (χ1v) is 9.18. The first-order valence-electron chi connectivity index (χ1n) is 9.18. The number of anilines is 1. The zero-order valence-electron chi connectivity index (χ0n) is 14.9. The third kappa shape index (κ3) is 4.13. The highest BCUT2D eigenvalue weighted by Gasteiger charge is 2.38. The van der Waals surface area contributed by atoms with Crippen molar-refractivity contribution >= 4 is 17.5 Å². The van der Waals surface area contributed by atoms with Crippen molar-refractivity contribution in [3.63, 3.8) is 0 Å². The van der Waals surface area contributed by atoms with Crippen LogP contribution < -0.4 is 16.4 Å². The number of nitrogens with zero attached hydrogens (tertiary/aromatic N) is 2. The lowest BCUT2D eigenvalue weighted by Crippen LogP contribution is -2.59. The number of carbonyl (C=O) groups is 1. The first kappa shape index (κ1) is 18.6. The molecule has 0 saturated heterocycles. The number of hydrogen-bond acceptors (Lipinski definition) is 6. The number of aliphatic imine (C=N–C) groups is 1. The van der Waals surface area contributed by atoms with E-state index in [0.29, 0.717) is 17.3 Å². The molecule has 6 N–H and O–H groups in total. The number of pyridine rings is 1. The van der Waals surface area contributed by atoms with E-state index in [0.717, 1.165) is 12.8 Å². The molecule has 2 aliphatic rings. The zero-order valence-corrected chi connectivity index (χ0v) is 14.9. The maximum Gasteiger partial charge on any atom is 0.240 e. The summed E-state index contributed by atoms with van der Waals surface area (Å²) >= 11 is 0. The third-order valence-electron chi connectivity index (χ3n) is 5.28. The molecule has 0 spiro atoms. The number of aliphatic hydroxyl groups excluding tert-OH is 2. The SMILES string of the molecule is C[C@H](NC(=O)C1NC(c2ccc(N)cn2)N=C(O)C1O)C1CCCCC1. The molecular formula is C18H27N5O3. The fourth-order valence-corrected chi connectivity index (χ4v) is 3.67. The van der Waals surface area contributed by atoms with Crippen LogP contribution in [0.5, 0.6) is 0 Å². The number of aromatic nitrogens is 1. The maximum atomic E-state index is 12.7. The summed E-state index contributed by atoms with van der Waals surface area (Å²) in [5.41, 5.74) is 6.65. The molecule has 1 aliphatic heterocycles. The van der Waals surface area contributed by atoms with Crippen LogP contribution in [0.25, 0.3) is 0 Å². The molecule has 1 fully saturated rings. The van der Waals surface area contributed by atoms with Gasteiger partial charge in [0.1, 0.15) is 12.2 Å². The summed E-state index contributed by atoms with van der Waals surface area (Å²) in [6.07, 6.45) is 5.20. The minimum atomic E-state index is -1.39. The van der Waals surface area contributed by atoms with E-state index in [4.69, 9.17) is 5.73 Å². The van der Waals surface area contributed by atoms with E-state index in [1.54, 1.807) is 12.1 Å². The summed E-state index contributed by atoms with van der Waals surface area (Å²) in [6, 6.07) is 2.36. The number of nitrogens with one attached hydrogen (secondary N) is 2. The van der Waals surface area contributed by atoms with Gasteiger partial charge in [-0.1, -0.05) is 19.3 Å². The van der Waals surface area contributed by atoms with Crippen LogP contribution in [0, 0.1) is 5.92 Å². The second-order valence-electron chi connectivity index (χ2n) is 7.19. The van der Waals surface area contributed by atoms with Gasteiger partial charge in [0.05, 0.1) is 17.6 Å². The van der Waals surface area contributed by atoms with Gasteiger partial charge < -0.3 is 21.3 Å². The van der Waals surface area contributed by atoms with E-state index in [-0.39, 0.29) is 11.9 Å². The topological polar surface area (TPSA) is 133 Å². The highest BCUT2D eigenvalue weighted by atomic mass is 16.3. The first-order chi connectivity index (χ1) is 12.5. The minimum Gasteiger partial charge on any atom is -0.495 e. The summed E-state index contributed by atoms with van der Waals surface area (Å²) in [5.74, 6) is -0.374. The molecule has 0 bridgehead atoms. The van der Waals surface area contributed by atoms with Crippen molar-refractivity contribution in [1.82, 2.24) is 15.6 Å². The van der Waals surface area contributed by atoms with Crippen molar-refractivity contribution in [1.29, 1.82) is 0 Å². The van der Waals surface area contributed by atoms with E-state index in [9.17, 15) is 15.0 Å². The van der Waals surface area contributed by atoms with Crippen LogP contribution in [0.4, 0.5) is 5.69 Å². The minimum absolute atomic E-state index is 0.0194. The molecule has 3 unspecified atom stereocenters. The molecule has 0 aromatic carbocycles. The van der Waals surface area contributed by atoms with Crippen LogP contribution in [0.1, 0.15) is 50.9 Å². The van der Waals surface area contributed by atoms with Gasteiger partial charge in [-0.3, -0.25) is 15.1 Å². The standard InChI is InChI=1S/C18H27N5O3/c1-10(11-5-3-2-4-6-11)21-17(25)14-15(24)18(26)23-16(22-14)13-8-7-12(19)9-20-13/h7-11,14-16,22,24H,2-6,19H2,1H3,(H,21,25)(H,23,26)/t10-,14?,15?,16?/m0/s1. The molecule has 3 rings (SSSR count). The predicted molar refractivity (Wildman–Crippen MR) is 98.6 cm³/mol. The van der Waals surface area contributed by atoms with E-state index in [1.165, 1.54) is 25.5 Å². The number of amides is 1. The molecule has 8 nitrogen and oxygen atoms in total. The van der Waals surface area contributed by atoms with Gasteiger partial charge in [-0.25, -0.2) is 4.99 Å². The molecule has 1 saturated carbocycles. The monoisotopic (exact) mass is 361 g/mol. The van der Waals surface area contributed by atoms with Crippen molar-refractivity contribution in [3.05, 3.63) is 24.0 Å². The number of nitrogens with two attached hydrogens (primary N) is 1.